The summed E-state index contributed by atoms with van der Waals surface area (Å²) in [5.41, 5.74) is 2.25. The van der Waals surface area contributed by atoms with Crippen LogP contribution >= 0.6 is 0 Å². The summed E-state index contributed by atoms with van der Waals surface area (Å²) in [6, 6.07) is 3.48. The van der Waals surface area contributed by atoms with E-state index in [-0.39, 0.29) is 5.78 Å². The van der Waals surface area contributed by atoms with E-state index in [0.29, 0.717) is 17.9 Å². The predicted octanol–water partition coefficient (Wildman–Crippen LogP) is 2.65. The monoisotopic (exact) mass is 222 g/mol. The first-order valence-electron chi connectivity index (χ1n) is 5.43. The first-order valence-corrected chi connectivity index (χ1v) is 5.43. The van der Waals surface area contributed by atoms with Crippen molar-refractivity contribution in [2.24, 2.45) is 0 Å². The molecule has 88 valence electrons. The van der Waals surface area contributed by atoms with Gasteiger partial charge in [0.1, 0.15) is 5.75 Å². The fourth-order valence-corrected chi connectivity index (χ4v) is 1.78. The van der Waals surface area contributed by atoms with E-state index in [4.69, 9.17) is 4.74 Å². The van der Waals surface area contributed by atoms with E-state index < -0.39 is 6.10 Å². The number of aryl methyl sites for hydroxylation is 1. The third-order valence-electron chi connectivity index (χ3n) is 2.47. The van der Waals surface area contributed by atoms with Crippen LogP contribution in [0.5, 0.6) is 5.75 Å². The fourth-order valence-electron chi connectivity index (χ4n) is 1.78. The minimum Gasteiger partial charge on any atom is -0.493 e. The van der Waals surface area contributed by atoms with Crippen molar-refractivity contribution in [3.63, 3.8) is 0 Å². The number of rotatable bonds is 4. The van der Waals surface area contributed by atoms with E-state index in [1.54, 1.807) is 19.1 Å². The Morgan fingerprint density at radius 3 is 2.56 bits per heavy atom. The first-order chi connectivity index (χ1) is 7.47. The highest BCUT2D eigenvalue weighted by Crippen LogP contribution is 2.30. The predicted molar refractivity (Wildman–Crippen MR) is 63.0 cm³/mol. The Hall–Kier alpha value is -1.35. The molecular formula is C13H18O3. The second-order valence-electron chi connectivity index (χ2n) is 3.87. The summed E-state index contributed by atoms with van der Waals surface area (Å²) in [5, 5.41) is 9.68. The Morgan fingerprint density at radius 2 is 2.12 bits per heavy atom. The van der Waals surface area contributed by atoms with Crippen molar-refractivity contribution in [3.05, 3.63) is 28.8 Å². The molecule has 0 aliphatic carbocycles. The normalized spacial score (nSPS) is 12.3. The van der Waals surface area contributed by atoms with E-state index in [1.165, 1.54) is 6.92 Å². The second-order valence-corrected chi connectivity index (χ2v) is 3.87. The smallest absolute Gasteiger partial charge is 0.159 e. The lowest BCUT2D eigenvalue weighted by molar-refractivity contribution is 0.101. The average molecular weight is 222 g/mol. The summed E-state index contributed by atoms with van der Waals surface area (Å²) in [6.07, 6.45) is -0.595. The number of benzene rings is 1. The number of Topliss-reactive ketones (excluding diaryl/α,β-unsaturated/α-hetero) is 1. The summed E-state index contributed by atoms with van der Waals surface area (Å²) in [5.74, 6) is 0.601. The second kappa shape index (κ2) is 5.12. The molecule has 0 aromatic heterocycles. The third kappa shape index (κ3) is 2.61. The van der Waals surface area contributed by atoms with Gasteiger partial charge in [-0.05, 0) is 45.4 Å². The first kappa shape index (κ1) is 12.7. The number of aliphatic hydroxyl groups is 1. The quantitative estimate of drug-likeness (QED) is 0.797. The number of hydrogen-bond acceptors (Lipinski definition) is 3. The fraction of sp³-hybridized carbons (Fsp3) is 0.462. The number of hydrogen-bond donors (Lipinski definition) is 1. The lowest BCUT2D eigenvalue weighted by atomic mass is 9.98. The summed E-state index contributed by atoms with van der Waals surface area (Å²) < 4.78 is 5.46. The number of aliphatic hydroxyl groups excluding tert-OH is 1. The van der Waals surface area contributed by atoms with Gasteiger partial charge < -0.3 is 9.84 Å². The third-order valence-corrected chi connectivity index (χ3v) is 2.47. The molecule has 3 heteroatoms. The summed E-state index contributed by atoms with van der Waals surface area (Å²) in [4.78, 5) is 11.3. The Bertz CT molecular complexity index is 394. The van der Waals surface area contributed by atoms with Crippen molar-refractivity contribution in [1.82, 2.24) is 0 Å². The Morgan fingerprint density at radius 1 is 1.50 bits per heavy atom. The molecule has 0 fully saturated rings. The molecular weight excluding hydrogens is 204 g/mol. The minimum absolute atomic E-state index is 0.00111. The molecule has 1 atom stereocenters. The van der Waals surface area contributed by atoms with Crippen LogP contribution in [0.1, 0.15) is 48.4 Å². The van der Waals surface area contributed by atoms with Crippen molar-refractivity contribution in [1.29, 1.82) is 0 Å². The van der Waals surface area contributed by atoms with Crippen molar-refractivity contribution in [2.45, 2.75) is 33.8 Å². The van der Waals surface area contributed by atoms with Gasteiger partial charge in [0.2, 0.25) is 0 Å². The summed E-state index contributed by atoms with van der Waals surface area (Å²) in [7, 11) is 0. The van der Waals surface area contributed by atoms with Crippen molar-refractivity contribution >= 4 is 5.78 Å². The van der Waals surface area contributed by atoms with E-state index >= 15 is 0 Å². The van der Waals surface area contributed by atoms with Gasteiger partial charge in [-0.3, -0.25) is 4.79 Å². The molecule has 0 radical (unpaired) electrons. The molecule has 1 aromatic rings. The minimum atomic E-state index is -0.595. The number of carbonyl (C=O) groups excluding carboxylic acids is 1. The highest BCUT2D eigenvalue weighted by atomic mass is 16.5. The molecule has 1 aromatic carbocycles. The van der Waals surface area contributed by atoms with Crippen LogP contribution in [0.3, 0.4) is 0 Å². The number of carbonyl (C=O) groups is 1. The van der Waals surface area contributed by atoms with E-state index in [2.05, 4.69) is 0 Å². The highest BCUT2D eigenvalue weighted by Gasteiger charge is 2.15. The lowest BCUT2D eigenvalue weighted by Gasteiger charge is -2.16. The highest BCUT2D eigenvalue weighted by molar-refractivity contribution is 5.94. The van der Waals surface area contributed by atoms with Crippen LogP contribution < -0.4 is 4.74 Å². The van der Waals surface area contributed by atoms with Crippen LogP contribution in [0.2, 0.25) is 0 Å². The van der Waals surface area contributed by atoms with Gasteiger partial charge in [-0.2, -0.15) is 0 Å². The van der Waals surface area contributed by atoms with Crippen LogP contribution in [0.15, 0.2) is 12.1 Å². The van der Waals surface area contributed by atoms with Crippen molar-refractivity contribution < 1.29 is 14.6 Å². The molecule has 0 amide bonds. The molecule has 3 nitrogen and oxygen atoms in total. The van der Waals surface area contributed by atoms with Crippen molar-refractivity contribution in [2.75, 3.05) is 6.61 Å². The molecule has 16 heavy (non-hydrogen) atoms. The zero-order chi connectivity index (χ0) is 12.3. The summed E-state index contributed by atoms with van der Waals surface area (Å²) in [6.45, 7) is 7.48. The molecule has 1 N–H and O–H groups in total. The molecule has 1 rings (SSSR count). The molecule has 0 saturated heterocycles. The maximum absolute atomic E-state index is 11.3. The number of ether oxygens (including phenoxy) is 1. The van der Waals surface area contributed by atoms with Gasteiger partial charge in [0.05, 0.1) is 12.7 Å². The molecule has 0 spiro atoms. The standard InChI is InChI=1S/C13H18O3/c1-5-16-12-7-11(9(3)14)6-8(2)13(12)10(4)15/h6-7,10,15H,5H2,1-4H3. The topological polar surface area (TPSA) is 46.5 Å². The van der Waals surface area contributed by atoms with E-state index in [0.717, 1.165) is 11.1 Å². The van der Waals surface area contributed by atoms with Crippen LogP contribution in [-0.2, 0) is 0 Å². The Labute approximate surface area is 96.1 Å². The van der Waals surface area contributed by atoms with Crippen LogP contribution in [-0.4, -0.2) is 17.5 Å². The van der Waals surface area contributed by atoms with Crippen LogP contribution in [0.4, 0.5) is 0 Å². The molecule has 0 aliphatic rings. The zero-order valence-corrected chi connectivity index (χ0v) is 10.2. The van der Waals surface area contributed by atoms with Gasteiger partial charge in [-0.25, -0.2) is 0 Å². The Kier molecular flexibility index (Phi) is 4.07. The SMILES string of the molecule is CCOc1cc(C(C)=O)cc(C)c1C(C)O. The van der Waals surface area contributed by atoms with E-state index in [1.807, 2.05) is 13.8 Å². The van der Waals surface area contributed by atoms with Crippen molar-refractivity contribution in [3.8, 4) is 5.75 Å². The maximum atomic E-state index is 11.3. The molecule has 0 heterocycles. The summed E-state index contributed by atoms with van der Waals surface area (Å²) >= 11 is 0. The zero-order valence-electron chi connectivity index (χ0n) is 10.2. The van der Waals surface area contributed by atoms with Gasteiger partial charge in [0.15, 0.2) is 5.78 Å². The molecule has 0 bridgehead atoms. The van der Waals surface area contributed by atoms with E-state index in [9.17, 15) is 9.90 Å². The lowest BCUT2D eigenvalue weighted by Crippen LogP contribution is -2.05. The number of ketones is 1. The van der Waals surface area contributed by atoms with Gasteiger partial charge in [-0.15, -0.1) is 0 Å². The van der Waals surface area contributed by atoms with Gasteiger partial charge in [0.25, 0.3) is 0 Å². The van der Waals surface area contributed by atoms with Gasteiger partial charge in [-0.1, -0.05) is 0 Å². The molecule has 0 saturated carbocycles. The molecule has 1 unspecified atom stereocenters. The van der Waals surface area contributed by atoms with Gasteiger partial charge in [0, 0.05) is 11.1 Å². The van der Waals surface area contributed by atoms with Gasteiger partial charge >= 0.3 is 0 Å². The molecule has 0 aliphatic heterocycles. The maximum Gasteiger partial charge on any atom is 0.159 e. The van der Waals surface area contributed by atoms with Crippen LogP contribution in [0, 0.1) is 6.92 Å². The largest absolute Gasteiger partial charge is 0.493 e. The Balaban J connectivity index is 3.33. The average Bonchev–Trinajstić information content (AvgIpc) is 2.16. The van der Waals surface area contributed by atoms with Crippen LogP contribution in [0.25, 0.3) is 0 Å².